The van der Waals surface area contributed by atoms with E-state index in [1.165, 1.54) is 0 Å². The Bertz CT molecular complexity index is 357. The lowest BCUT2D eigenvalue weighted by atomic mass is 10.0. The lowest BCUT2D eigenvalue weighted by Gasteiger charge is -2.24. The molecule has 0 aromatic carbocycles. The first kappa shape index (κ1) is 13.6. The molecule has 0 amide bonds. The Morgan fingerprint density at radius 3 is 2.35 bits per heavy atom. The van der Waals surface area contributed by atoms with E-state index in [-0.39, 0.29) is 0 Å². The maximum atomic E-state index is 11.4. The minimum Gasteiger partial charge on any atom is -0.394 e. The fourth-order valence-electron chi connectivity index (χ4n) is 1.08. The number of aromatic amines is 1. The lowest BCUT2D eigenvalue weighted by molar-refractivity contribution is -0.106. The number of rotatable bonds is 6. The first-order valence-electron chi connectivity index (χ1n) is 4.60. The number of H-pyrrole nitrogens is 1. The number of carbonyl (C=O) groups is 1. The Morgan fingerprint density at radius 1 is 1.24 bits per heavy atom. The maximum Gasteiger partial charge on any atom is 0.232 e. The van der Waals surface area contributed by atoms with Gasteiger partial charge in [-0.25, -0.2) is 5.10 Å². The SMILES string of the molecule is O=C(c1nnn[nH]1)[C@H](O)[C@@H](O)[C@H](O)[C@H](O)CO. The minimum absolute atomic E-state index is 0.401. The molecule has 0 radical (unpaired) electrons. The molecule has 10 heteroatoms. The van der Waals surface area contributed by atoms with Gasteiger partial charge in [-0.05, 0) is 10.4 Å². The van der Waals surface area contributed by atoms with E-state index in [0.29, 0.717) is 0 Å². The molecule has 96 valence electrons. The molecule has 0 bridgehead atoms. The third-order valence-electron chi connectivity index (χ3n) is 2.10. The number of nitrogens with one attached hydrogen (secondary N) is 1. The second-order valence-electron chi connectivity index (χ2n) is 3.29. The molecule has 0 aliphatic rings. The molecule has 0 unspecified atom stereocenters. The fraction of sp³-hybridized carbons (Fsp3) is 0.714. The predicted molar refractivity (Wildman–Crippen MR) is 49.6 cm³/mol. The molecular weight excluding hydrogens is 236 g/mol. The van der Waals surface area contributed by atoms with Crippen LogP contribution >= 0.6 is 0 Å². The van der Waals surface area contributed by atoms with Gasteiger partial charge < -0.3 is 25.5 Å². The summed E-state index contributed by atoms with van der Waals surface area (Å²) in [5.74, 6) is -1.45. The van der Waals surface area contributed by atoms with Gasteiger partial charge in [0.1, 0.15) is 24.4 Å². The number of aliphatic hydroxyl groups excluding tert-OH is 5. The molecule has 1 aromatic heterocycles. The van der Waals surface area contributed by atoms with Crippen molar-refractivity contribution in [3.63, 3.8) is 0 Å². The van der Waals surface area contributed by atoms with Crippen LogP contribution in [0.25, 0.3) is 0 Å². The van der Waals surface area contributed by atoms with Crippen LogP contribution in [0, 0.1) is 0 Å². The summed E-state index contributed by atoms with van der Waals surface area (Å²) >= 11 is 0. The highest BCUT2D eigenvalue weighted by atomic mass is 16.4. The van der Waals surface area contributed by atoms with Gasteiger partial charge in [-0.2, -0.15) is 0 Å². The van der Waals surface area contributed by atoms with Crippen LogP contribution in [0.5, 0.6) is 0 Å². The van der Waals surface area contributed by atoms with Crippen molar-refractivity contribution in [1.29, 1.82) is 0 Å². The molecule has 0 saturated heterocycles. The van der Waals surface area contributed by atoms with Gasteiger partial charge in [-0.1, -0.05) is 0 Å². The Labute approximate surface area is 94.5 Å². The van der Waals surface area contributed by atoms with Gasteiger partial charge in [0.25, 0.3) is 0 Å². The number of hydrogen-bond donors (Lipinski definition) is 6. The number of hydrogen-bond acceptors (Lipinski definition) is 9. The molecule has 6 N–H and O–H groups in total. The molecule has 0 spiro atoms. The smallest absolute Gasteiger partial charge is 0.232 e. The molecule has 0 saturated carbocycles. The quantitative estimate of drug-likeness (QED) is 0.273. The Hall–Kier alpha value is -1.46. The number of tetrazole rings is 1. The normalized spacial score (nSPS) is 18.4. The Morgan fingerprint density at radius 2 is 1.88 bits per heavy atom. The average Bonchev–Trinajstić information content (AvgIpc) is 2.87. The van der Waals surface area contributed by atoms with Crippen molar-refractivity contribution in [2.45, 2.75) is 24.4 Å². The number of nitrogens with zero attached hydrogens (tertiary/aromatic N) is 3. The van der Waals surface area contributed by atoms with Crippen molar-refractivity contribution >= 4 is 5.78 Å². The molecule has 17 heavy (non-hydrogen) atoms. The summed E-state index contributed by atoms with van der Waals surface area (Å²) in [6.07, 6.45) is -7.56. The van der Waals surface area contributed by atoms with Crippen LogP contribution in [-0.4, -0.2) is 83.0 Å². The van der Waals surface area contributed by atoms with Gasteiger partial charge in [0.2, 0.25) is 11.6 Å². The first-order valence-corrected chi connectivity index (χ1v) is 4.60. The highest BCUT2D eigenvalue weighted by Gasteiger charge is 2.35. The monoisotopic (exact) mass is 248 g/mol. The van der Waals surface area contributed by atoms with Crippen LogP contribution in [0.2, 0.25) is 0 Å². The summed E-state index contributed by atoms with van der Waals surface area (Å²) in [6.45, 7) is -0.830. The molecule has 1 aromatic rings. The predicted octanol–water partition coefficient (Wildman–Crippen LogP) is -4.18. The van der Waals surface area contributed by atoms with Crippen LogP contribution in [-0.2, 0) is 0 Å². The van der Waals surface area contributed by atoms with Crippen molar-refractivity contribution in [3.05, 3.63) is 5.82 Å². The van der Waals surface area contributed by atoms with Gasteiger partial charge in [-0.15, -0.1) is 5.10 Å². The average molecular weight is 248 g/mol. The molecule has 0 fully saturated rings. The largest absolute Gasteiger partial charge is 0.394 e. The van der Waals surface area contributed by atoms with E-state index >= 15 is 0 Å². The van der Waals surface area contributed by atoms with Crippen molar-refractivity contribution in [3.8, 4) is 0 Å². The fourth-order valence-corrected chi connectivity index (χ4v) is 1.08. The second kappa shape index (κ2) is 5.75. The van der Waals surface area contributed by atoms with Gasteiger partial charge in [0.15, 0.2) is 0 Å². The van der Waals surface area contributed by atoms with Crippen LogP contribution in [0.1, 0.15) is 10.6 Å². The van der Waals surface area contributed by atoms with E-state index in [1.807, 2.05) is 0 Å². The van der Waals surface area contributed by atoms with Gasteiger partial charge in [0, 0.05) is 0 Å². The summed E-state index contributed by atoms with van der Waals surface area (Å²) in [7, 11) is 0. The highest BCUT2D eigenvalue weighted by molar-refractivity contribution is 5.96. The van der Waals surface area contributed by atoms with Crippen LogP contribution in [0.15, 0.2) is 0 Å². The number of ketones is 1. The molecule has 0 aliphatic heterocycles. The summed E-state index contributed by atoms with van der Waals surface area (Å²) < 4.78 is 0. The topological polar surface area (TPSA) is 173 Å². The summed E-state index contributed by atoms with van der Waals surface area (Å²) in [4.78, 5) is 11.4. The number of Topliss-reactive ketones (excluding diaryl/α,β-unsaturated/α-hetero) is 1. The van der Waals surface area contributed by atoms with Gasteiger partial charge in [-0.3, -0.25) is 4.79 Å². The van der Waals surface area contributed by atoms with Crippen molar-refractivity contribution in [2.75, 3.05) is 6.61 Å². The van der Waals surface area contributed by atoms with Crippen LogP contribution in [0.4, 0.5) is 0 Å². The summed E-state index contributed by atoms with van der Waals surface area (Å²) in [6, 6.07) is 0. The molecule has 0 aliphatic carbocycles. The van der Waals surface area contributed by atoms with Gasteiger partial charge in [0.05, 0.1) is 6.61 Å². The van der Waals surface area contributed by atoms with Crippen molar-refractivity contribution < 1.29 is 30.3 Å². The first-order chi connectivity index (χ1) is 7.99. The number of aromatic nitrogens is 4. The maximum absolute atomic E-state index is 11.4. The van der Waals surface area contributed by atoms with Crippen molar-refractivity contribution in [2.24, 2.45) is 0 Å². The van der Waals surface area contributed by atoms with Crippen LogP contribution in [0.3, 0.4) is 0 Å². The lowest BCUT2D eigenvalue weighted by Crippen LogP contribution is -2.48. The Balaban J connectivity index is 2.69. The van der Waals surface area contributed by atoms with E-state index < -0.39 is 42.6 Å². The second-order valence-corrected chi connectivity index (χ2v) is 3.29. The highest BCUT2D eigenvalue weighted by Crippen LogP contribution is 2.08. The van der Waals surface area contributed by atoms with Gasteiger partial charge >= 0.3 is 0 Å². The zero-order chi connectivity index (χ0) is 13.0. The van der Waals surface area contributed by atoms with E-state index in [2.05, 4.69) is 20.6 Å². The molecule has 1 rings (SSSR count). The standard InChI is InChI=1S/C7H12N4O6/c12-1-2(13)3(14)4(15)5(16)6(17)7-8-10-11-9-7/h2-5,12-16H,1H2,(H,8,9,10,11)/t2-,3-,4+,5-/m1/s1. The molecule has 10 nitrogen and oxygen atoms in total. The zero-order valence-corrected chi connectivity index (χ0v) is 8.50. The third-order valence-corrected chi connectivity index (χ3v) is 2.10. The Kier molecular flexibility index (Phi) is 4.60. The summed E-state index contributed by atoms with van der Waals surface area (Å²) in [5.41, 5.74) is 0. The zero-order valence-electron chi connectivity index (χ0n) is 8.50. The summed E-state index contributed by atoms with van der Waals surface area (Å²) in [5, 5.41) is 57.1. The van der Waals surface area contributed by atoms with Crippen LogP contribution < -0.4 is 0 Å². The molecular formula is C7H12N4O6. The van der Waals surface area contributed by atoms with E-state index in [4.69, 9.17) is 10.2 Å². The van der Waals surface area contributed by atoms with Crippen molar-refractivity contribution in [1.82, 2.24) is 20.6 Å². The number of carbonyl (C=O) groups excluding carboxylic acids is 1. The third kappa shape index (κ3) is 3.01. The van der Waals surface area contributed by atoms with E-state index in [1.54, 1.807) is 0 Å². The minimum atomic E-state index is -2.03. The van der Waals surface area contributed by atoms with E-state index in [9.17, 15) is 20.1 Å². The molecule has 1 heterocycles. The number of aliphatic hydroxyl groups is 5. The molecule has 4 atom stereocenters. The van der Waals surface area contributed by atoms with E-state index in [0.717, 1.165) is 0 Å².